The summed E-state index contributed by atoms with van der Waals surface area (Å²) < 4.78 is 0. The fraction of sp³-hybridized carbons (Fsp3) is 0.429. The van der Waals surface area contributed by atoms with Gasteiger partial charge in [-0.1, -0.05) is 57.2 Å². The lowest BCUT2D eigenvalue weighted by Gasteiger charge is -2.18. The van der Waals surface area contributed by atoms with Gasteiger partial charge in [0.05, 0.1) is 0 Å². The number of benzene rings is 1. The molecule has 0 spiro atoms. The van der Waals surface area contributed by atoms with Crippen molar-refractivity contribution in [2.75, 3.05) is 13.6 Å². The summed E-state index contributed by atoms with van der Waals surface area (Å²) in [4.78, 5) is 0. The van der Waals surface area contributed by atoms with Crippen LogP contribution < -0.4 is 5.32 Å². The summed E-state index contributed by atoms with van der Waals surface area (Å²) in [7, 11) is 1.95. The van der Waals surface area contributed by atoms with Gasteiger partial charge in [-0.15, -0.1) is 0 Å². The van der Waals surface area contributed by atoms with Gasteiger partial charge in [-0.2, -0.15) is 0 Å². The Morgan fingerprint density at radius 2 is 1.73 bits per heavy atom. The average Bonchev–Trinajstić information content (AvgIpc) is 2.18. The zero-order valence-electron chi connectivity index (χ0n) is 10.2. The highest BCUT2D eigenvalue weighted by atomic mass is 14.8. The highest BCUT2D eigenvalue weighted by molar-refractivity contribution is 5.50. The third-order valence-corrected chi connectivity index (χ3v) is 2.41. The lowest BCUT2D eigenvalue weighted by molar-refractivity contribution is 0.590. The number of hydrogen-bond acceptors (Lipinski definition) is 1. The SMILES string of the molecule is CNCC=Cc1ccc(C(C)(C)C)cc1. The second-order valence-electron chi connectivity index (χ2n) is 4.83. The van der Waals surface area contributed by atoms with Crippen molar-refractivity contribution in [1.29, 1.82) is 0 Å². The third-order valence-electron chi connectivity index (χ3n) is 2.41. The van der Waals surface area contributed by atoms with E-state index in [1.54, 1.807) is 0 Å². The molecule has 0 radical (unpaired) electrons. The first-order valence-electron chi connectivity index (χ1n) is 5.46. The lowest BCUT2D eigenvalue weighted by Crippen LogP contribution is -2.10. The molecular weight excluding hydrogens is 182 g/mol. The Morgan fingerprint density at radius 3 is 2.20 bits per heavy atom. The van der Waals surface area contributed by atoms with Crippen molar-refractivity contribution in [3.8, 4) is 0 Å². The Balaban J connectivity index is 2.73. The molecule has 0 saturated heterocycles. The van der Waals surface area contributed by atoms with Crippen molar-refractivity contribution in [1.82, 2.24) is 5.32 Å². The maximum Gasteiger partial charge on any atom is 0.0135 e. The molecule has 82 valence electrons. The van der Waals surface area contributed by atoms with Crippen molar-refractivity contribution < 1.29 is 0 Å². The van der Waals surface area contributed by atoms with E-state index in [2.05, 4.69) is 62.5 Å². The van der Waals surface area contributed by atoms with Crippen LogP contribution >= 0.6 is 0 Å². The van der Waals surface area contributed by atoms with Crippen LogP contribution in [0.15, 0.2) is 30.3 Å². The van der Waals surface area contributed by atoms with Gasteiger partial charge >= 0.3 is 0 Å². The van der Waals surface area contributed by atoms with Gasteiger partial charge in [0, 0.05) is 6.54 Å². The van der Waals surface area contributed by atoms with E-state index in [0.29, 0.717) is 0 Å². The van der Waals surface area contributed by atoms with Crippen molar-refractivity contribution >= 4 is 6.08 Å². The number of rotatable bonds is 3. The van der Waals surface area contributed by atoms with E-state index in [4.69, 9.17) is 0 Å². The van der Waals surface area contributed by atoms with Crippen molar-refractivity contribution in [2.45, 2.75) is 26.2 Å². The largest absolute Gasteiger partial charge is 0.316 e. The van der Waals surface area contributed by atoms with E-state index in [-0.39, 0.29) is 5.41 Å². The molecule has 1 nitrogen and oxygen atoms in total. The first kappa shape index (κ1) is 12.0. The number of hydrogen-bond donors (Lipinski definition) is 1. The van der Waals surface area contributed by atoms with Gasteiger partial charge in [-0.05, 0) is 23.6 Å². The molecule has 0 heterocycles. The zero-order chi connectivity index (χ0) is 11.3. The predicted molar refractivity (Wildman–Crippen MR) is 68.1 cm³/mol. The summed E-state index contributed by atoms with van der Waals surface area (Å²) in [5, 5.41) is 3.09. The topological polar surface area (TPSA) is 12.0 Å². The Kier molecular flexibility index (Phi) is 4.10. The van der Waals surface area contributed by atoms with Crippen LogP contribution in [0.1, 0.15) is 31.9 Å². The van der Waals surface area contributed by atoms with E-state index in [0.717, 1.165) is 6.54 Å². The first-order valence-corrected chi connectivity index (χ1v) is 5.46. The quantitative estimate of drug-likeness (QED) is 0.795. The van der Waals surface area contributed by atoms with Gasteiger partial charge in [0.1, 0.15) is 0 Å². The van der Waals surface area contributed by atoms with Crippen molar-refractivity contribution in [3.05, 3.63) is 41.5 Å². The van der Waals surface area contributed by atoms with Gasteiger partial charge in [-0.25, -0.2) is 0 Å². The molecule has 0 saturated carbocycles. The van der Waals surface area contributed by atoms with Crippen LogP contribution in [0.2, 0.25) is 0 Å². The van der Waals surface area contributed by atoms with Gasteiger partial charge in [-0.3, -0.25) is 0 Å². The van der Waals surface area contributed by atoms with E-state index < -0.39 is 0 Å². The van der Waals surface area contributed by atoms with Gasteiger partial charge in [0.2, 0.25) is 0 Å². The van der Waals surface area contributed by atoms with Crippen molar-refractivity contribution in [2.24, 2.45) is 0 Å². The first-order chi connectivity index (χ1) is 7.04. The standard InChI is InChI=1S/C14H21N/c1-14(2,3)13-9-7-12(8-10-13)6-5-11-15-4/h5-10,15H,11H2,1-4H3. The van der Waals surface area contributed by atoms with E-state index in [9.17, 15) is 0 Å². The van der Waals surface area contributed by atoms with Crippen molar-refractivity contribution in [3.63, 3.8) is 0 Å². The van der Waals surface area contributed by atoms with Gasteiger partial charge in [0.15, 0.2) is 0 Å². The molecule has 0 unspecified atom stereocenters. The maximum absolute atomic E-state index is 3.09. The fourth-order valence-corrected chi connectivity index (χ4v) is 1.41. The molecule has 0 aliphatic carbocycles. The van der Waals surface area contributed by atoms with Crippen LogP contribution in [0, 0.1) is 0 Å². The predicted octanol–water partition coefficient (Wildman–Crippen LogP) is 3.22. The molecule has 15 heavy (non-hydrogen) atoms. The summed E-state index contributed by atoms with van der Waals surface area (Å²) in [5.74, 6) is 0. The summed E-state index contributed by atoms with van der Waals surface area (Å²) in [6.45, 7) is 7.62. The molecular formula is C14H21N. The highest BCUT2D eigenvalue weighted by Gasteiger charge is 2.12. The van der Waals surface area contributed by atoms with Crippen LogP contribution in [0.3, 0.4) is 0 Å². The average molecular weight is 203 g/mol. The van der Waals surface area contributed by atoms with Gasteiger partial charge < -0.3 is 5.32 Å². The summed E-state index contributed by atoms with van der Waals surface area (Å²) in [5.41, 5.74) is 2.89. The normalized spacial score (nSPS) is 12.3. The zero-order valence-corrected chi connectivity index (χ0v) is 10.2. The lowest BCUT2D eigenvalue weighted by atomic mass is 9.87. The summed E-state index contributed by atoms with van der Waals surface area (Å²) >= 11 is 0. The molecule has 1 rings (SSSR count). The van der Waals surface area contributed by atoms with E-state index in [1.165, 1.54) is 11.1 Å². The number of nitrogens with one attached hydrogen (secondary N) is 1. The molecule has 0 aliphatic heterocycles. The monoisotopic (exact) mass is 203 g/mol. The summed E-state index contributed by atoms with van der Waals surface area (Å²) in [6.07, 6.45) is 4.27. The Hall–Kier alpha value is -1.08. The highest BCUT2D eigenvalue weighted by Crippen LogP contribution is 2.22. The van der Waals surface area contributed by atoms with Crippen LogP contribution in [0.5, 0.6) is 0 Å². The Morgan fingerprint density at radius 1 is 1.13 bits per heavy atom. The molecule has 0 aliphatic rings. The molecule has 1 heteroatoms. The number of likely N-dealkylation sites (N-methyl/N-ethyl adjacent to an activating group) is 1. The minimum absolute atomic E-state index is 0.243. The molecule has 0 atom stereocenters. The Labute approximate surface area is 93.2 Å². The smallest absolute Gasteiger partial charge is 0.0135 e. The molecule has 0 fully saturated rings. The van der Waals surface area contributed by atoms with Gasteiger partial charge in [0.25, 0.3) is 0 Å². The maximum atomic E-state index is 3.09. The second kappa shape index (κ2) is 5.13. The van der Waals surface area contributed by atoms with Crippen LogP contribution in [-0.4, -0.2) is 13.6 Å². The molecule has 0 amide bonds. The molecule has 1 aromatic carbocycles. The van der Waals surface area contributed by atoms with E-state index in [1.807, 2.05) is 7.05 Å². The van der Waals surface area contributed by atoms with Crippen LogP contribution in [-0.2, 0) is 5.41 Å². The Bertz CT molecular complexity index is 314. The van der Waals surface area contributed by atoms with Crippen LogP contribution in [0.4, 0.5) is 0 Å². The molecule has 1 aromatic rings. The molecule has 0 bridgehead atoms. The summed E-state index contributed by atoms with van der Waals surface area (Å²) in [6, 6.07) is 8.76. The molecule has 0 aromatic heterocycles. The van der Waals surface area contributed by atoms with Crippen LogP contribution in [0.25, 0.3) is 6.08 Å². The third kappa shape index (κ3) is 3.88. The fourth-order valence-electron chi connectivity index (χ4n) is 1.41. The minimum Gasteiger partial charge on any atom is -0.316 e. The van der Waals surface area contributed by atoms with E-state index >= 15 is 0 Å². The minimum atomic E-state index is 0.243. The second-order valence-corrected chi connectivity index (χ2v) is 4.83. The molecule has 1 N–H and O–H groups in total.